The summed E-state index contributed by atoms with van der Waals surface area (Å²) >= 11 is 14.3. The van der Waals surface area contributed by atoms with E-state index in [1.807, 2.05) is 0 Å². The molecular formula is C6H2BrCl3O2S. The number of hydrogen-bond acceptors (Lipinski definition) is 2. The standard InChI is InChI=1S/C6H2BrCl3O2S/c7-3-1-4(8)5(9)2-6(3)13(10,11)12/h1-2H. The monoisotopic (exact) mass is 322 g/mol. The topological polar surface area (TPSA) is 34.1 Å². The lowest BCUT2D eigenvalue weighted by Crippen LogP contribution is -1.92. The summed E-state index contributed by atoms with van der Waals surface area (Å²) in [6, 6.07) is 2.56. The minimum Gasteiger partial charge on any atom is -0.207 e. The van der Waals surface area contributed by atoms with Gasteiger partial charge in [-0.15, -0.1) is 0 Å². The first-order chi connectivity index (χ1) is 5.82. The Hall–Kier alpha value is 0.520. The average molecular weight is 324 g/mol. The second-order valence-electron chi connectivity index (χ2n) is 2.13. The van der Waals surface area contributed by atoms with E-state index in [1.54, 1.807) is 0 Å². The summed E-state index contributed by atoms with van der Waals surface area (Å²) in [6.45, 7) is 0. The van der Waals surface area contributed by atoms with E-state index < -0.39 is 9.05 Å². The van der Waals surface area contributed by atoms with E-state index in [-0.39, 0.29) is 19.4 Å². The summed E-state index contributed by atoms with van der Waals surface area (Å²) < 4.78 is 22.2. The van der Waals surface area contributed by atoms with Crippen molar-refractivity contribution in [1.82, 2.24) is 0 Å². The minimum absolute atomic E-state index is 0.0939. The van der Waals surface area contributed by atoms with Crippen LogP contribution in [0.25, 0.3) is 0 Å². The van der Waals surface area contributed by atoms with E-state index in [0.717, 1.165) is 0 Å². The molecule has 0 spiro atoms. The fourth-order valence-corrected chi connectivity index (χ4v) is 3.41. The normalized spacial score (nSPS) is 11.7. The number of rotatable bonds is 1. The lowest BCUT2D eigenvalue weighted by atomic mass is 10.4. The van der Waals surface area contributed by atoms with Crippen molar-refractivity contribution >= 4 is 58.9 Å². The van der Waals surface area contributed by atoms with E-state index in [2.05, 4.69) is 15.9 Å². The molecule has 0 heterocycles. The van der Waals surface area contributed by atoms with Gasteiger partial charge in [0.05, 0.1) is 14.9 Å². The van der Waals surface area contributed by atoms with Crippen molar-refractivity contribution in [2.75, 3.05) is 0 Å². The van der Waals surface area contributed by atoms with E-state index in [0.29, 0.717) is 0 Å². The van der Waals surface area contributed by atoms with E-state index in [4.69, 9.17) is 33.9 Å². The highest BCUT2D eigenvalue weighted by molar-refractivity contribution is 9.10. The van der Waals surface area contributed by atoms with Gasteiger partial charge in [0.25, 0.3) is 9.05 Å². The van der Waals surface area contributed by atoms with Crippen LogP contribution in [0.2, 0.25) is 10.0 Å². The first kappa shape index (κ1) is 11.6. The Morgan fingerprint density at radius 2 is 1.62 bits per heavy atom. The third-order valence-electron chi connectivity index (χ3n) is 1.24. The van der Waals surface area contributed by atoms with E-state index in [1.165, 1.54) is 12.1 Å². The van der Waals surface area contributed by atoms with Gasteiger partial charge in [-0.05, 0) is 28.1 Å². The largest absolute Gasteiger partial charge is 0.262 e. The van der Waals surface area contributed by atoms with Crippen molar-refractivity contribution in [1.29, 1.82) is 0 Å². The molecule has 0 aliphatic heterocycles. The van der Waals surface area contributed by atoms with Crippen LogP contribution < -0.4 is 0 Å². The number of hydrogen-bond donors (Lipinski definition) is 0. The molecule has 13 heavy (non-hydrogen) atoms. The summed E-state index contributed by atoms with van der Waals surface area (Å²) in [4.78, 5) is -0.0939. The molecule has 0 atom stereocenters. The van der Waals surface area contributed by atoms with Gasteiger partial charge in [0, 0.05) is 15.2 Å². The molecule has 0 N–H and O–H groups in total. The second kappa shape index (κ2) is 3.95. The van der Waals surface area contributed by atoms with Gasteiger partial charge < -0.3 is 0 Å². The Morgan fingerprint density at radius 3 is 2.08 bits per heavy atom. The zero-order valence-electron chi connectivity index (χ0n) is 5.89. The van der Waals surface area contributed by atoms with Gasteiger partial charge in [0.2, 0.25) is 0 Å². The molecule has 0 radical (unpaired) electrons. The van der Waals surface area contributed by atoms with Gasteiger partial charge in [0.15, 0.2) is 0 Å². The molecule has 72 valence electrons. The van der Waals surface area contributed by atoms with Crippen molar-refractivity contribution in [2.24, 2.45) is 0 Å². The molecule has 0 unspecified atom stereocenters. The van der Waals surface area contributed by atoms with Crippen LogP contribution in [0.1, 0.15) is 0 Å². The molecule has 0 saturated heterocycles. The first-order valence-electron chi connectivity index (χ1n) is 2.91. The zero-order valence-corrected chi connectivity index (χ0v) is 10.6. The highest BCUT2D eigenvalue weighted by atomic mass is 79.9. The molecular weight excluding hydrogens is 322 g/mol. The molecule has 0 aliphatic rings. The highest BCUT2D eigenvalue weighted by Crippen LogP contribution is 2.33. The van der Waals surface area contributed by atoms with Crippen molar-refractivity contribution in [2.45, 2.75) is 4.90 Å². The Morgan fingerprint density at radius 1 is 1.15 bits per heavy atom. The average Bonchev–Trinajstić information content (AvgIpc) is 1.94. The fraction of sp³-hybridized carbons (Fsp3) is 0. The Kier molecular flexibility index (Phi) is 3.52. The predicted octanol–water partition coefficient (Wildman–Crippen LogP) is 3.68. The van der Waals surface area contributed by atoms with Gasteiger partial charge in [-0.3, -0.25) is 0 Å². The zero-order chi connectivity index (χ0) is 10.2. The first-order valence-corrected chi connectivity index (χ1v) is 6.77. The summed E-state index contributed by atoms with van der Waals surface area (Å²) in [6.07, 6.45) is 0. The number of halogens is 4. The van der Waals surface area contributed by atoms with E-state index >= 15 is 0 Å². The highest BCUT2D eigenvalue weighted by Gasteiger charge is 2.16. The SMILES string of the molecule is O=S(=O)(Cl)c1cc(Cl)c(Cl)cc1Br. The third-order valence-corrected chi connectivity index (χ3v) is 4.24. The molecule has 0 bridgehead atoms. The maximum Gasteiger partial charge on any atom is 0.262 e. The van der Waals surface area contributed by atoms with Crippen LogP contribution in [0.5, 0.6) is 0 Å². The van der Waals surface area contributed by atoms with Gasteiger partial charge >= 0.3 is 0 Å². The quantitative estimate of drug-likeness (QED) is 0.583. The second-order valence-corrected chi connectivity index (χ2v) is 6.34. The molecule has 7 heteroatoms. The Labute approximate surface area is 98.3 Å². The maximum atomic E-state index is 11.0. The molecule has 1 rings (SSSR count). The number of benzene rings is 1. The molecule has 2 nitrogen and oxygen atoms in total. The summed E-state index contributed by atoms with van der Waals surface area (Å²) in [5.74, 6) is 0. The van der Waals surface area contributed by atoms with Gasteiger partial charge in [-0.1, -0.05) is 23.2 Å². The molecule has 0 aliphatic carbocycles. The molecule has 0 amide bonds. The summed E-state index contributed by atoms with van der Waals surface area (Å²) in [5.41, 5.74) is 0. The predicted molar refractivity (Wildman–Crippen MR) is 57.2 cm³/mol. The van der Waals surface area contributed by atoms with Gasteiger partial charge in [0.1, 0.15) is 0 Å². The van der Waals surface area contributed by atoms with Crippen molar-refractivity contribution in [3.8, 4) is 0 Å². The summed E-state index contributed by atoms with van der Waals surface area (Å²) in [7, 11) is 1.34. The van der Waals surface area contributed by atoms with Crippen LogP contribution in [0.3, 0.4) is 0 Å². The lowest BCUT2D eigenvalue weighted by Gasteiger charge is -2.02. The van der Waals surface area contributed by atoms with Crippen molar-refractivity contribution in [3.63, 3.8) is 0 Å². The van der Waals surface area contributed by atoms with Crippen LogP contribution >= 0.6 is 49.8 Å². The molecule has 0 aromatic heterocycles. The molecule has 0 fully saturated rings. The Balaban J connectivity index is 3.50. The van der Waals surface area contributed by atoms with Crippen LogP contribution in [-0.4, -0.2) is 8.42 Å². The van der Waals surface area contributed by atoms with Gasteiger partial charge in [-0.2, -0.15) is 0 Å². The van der Waals surface area contributed by atoms with Crippen LogP contribution in [0.15, 0.2) is 21.5 Å². The van der Waals surface area contributed by atoms with Gasteiger partial charge in [-0.25, -0.2) is 8.42 Å². The summed E-state index contributed by atoms with van der Waals surface area (Å²) in [5, 5.41) is 0.404. The van der Waals surface area contributed by atoms with Crippen LogP contribution in [-0.2, 0) is 9.05 Å². The van der Waals surface area contributed by atoms with Crippen LogP contribution in [0.4, 0.5) is 0 Å². The molecule has 1 aromatic rings. The Bertz CT molecular complexity index is 443. The van der Waals surface area contributed by atoms with Crippen molar-refractivity contribution in [3.05, 3.63) is 26.7 Å². The molecule has 1 aromatic carbocycles. The lowest BCUT2D eigenvalue weighted by molar-refractivity contribution is 0.609. The van der Waals surface area contributed by atoms with Crippen molar-refractivity contribution < 1.29 is 8.42 Å². The third kappa shape index (κ3) is 2.73. The van der Waals surface area contributed by atoms with E-state index in [9.17, 15) is 8.42 Å². The molecule has 0 saturated carbocycles. The minimum atomic E-state index is -3.79. The van der Waals surface area contributed by atoms with Crippen LogP contribution in [0, 0.1) is 0 Å². The fourth-order valence-electron chi connectivity index (χ4n) is 0.691. The maximum absolute atomic E-state index is 11.0. The smallest absolute Gasteiger partial charge is 0.207 e.